The van der Waals surface area contributed by atoms with Crippen molar-refractivity contribution in [3.05, 3.63) is 60.3 Å². The Kier molecular flexibility index (Phi) is 4.37. The zero-order valence-corrected chi connectivity index (χ0v) is 15.0. The van der Waals surface area contributed by atoms with Gasteiger partial charge in [0.2, 0.25) is 5.91 Å². The number of benzene rings is 1. The van der Waals surface area contributed by atoms with Gasteiger partial charge >= 0.3 is 0 Å². The van der Waals surface area contributed by atoms with Crippen LogP contribution in [-0.2, 0) is 11.2 Å². The highest BCUT2D eigenvalue weighted by molar-refractivity contribution is 5.91. The van der Waals surface area contributed by atoms with Crippen LogP contribution >= 0.6 is 0 Å². The summed E-state index contributed by atoms with van der Waals surface area (Å²) in [5, 5.41) is 15.1. The SMILES string of the molecule is CC(C)c1noc(-c2ccn3c(CC(=O)Nc4ccccc4)nnc3c2)n1. The molecule has 1 aromatic carbocycles. The van der Waals surface area contributed by atoms with E-state index in [9.17, 15) is 4.79 Å². The quantitative estimate of drug-likeness (QED) is 0.586. The summed E-state index contributed by atoms with van der Waals surface area (Å²) < 4.78 is 7.09. The minimum atomic E-state index is -0.155. The van der Waals surface area contributed by atoms with E-state index in [1.165, 1.54) is 0 Å². The number of nitrogens with one attached hydrogen (secondary N) is 1. The number of para-hydroxylation sites is 1. The van der Waals surface area contributed by atoms with Crippen LogP contribution in [0, 0.1) is 0 Å². The van der Waals surface area contributed by atoms with E-state index < -0.39 is 0 Å². The predicted octanol–water partition coefficient (Wildman–Crippen LogP) is 3.08. The normalized spacial score (nSPS) is 11.2. The minimum Gasteiger partial charge on any atom is -0.334 e. The summed E-state index contributed by atoms with van der Waals surface area (Å²) in [7, 11) is 0. The molecule has 0 bridgehead atoms. The van der Waals surface area contributed by atoms with Gasteiger partial charge in [-0.05, 0) is 24.3 Å². The van der Waals surface area contributed by atoms with Gasteiger partial charge in [0.1, 0.15) is 5.82 Å². The largest absolute Gasteiger partial charge is 0.334 e. The second-order valence-electron chi connectivity index (χ2n) is 6.46. The third-order valence-electron chi connectivity index (χ3n) is 4.06. The molecule has 3 heterocycles. The van der Waals surface area contributed by atoms with E-state index in [1.807, 2.05) is 56.3 Å². The van der Waals surface area contributed by atoms with Gasteiger partial charge in [-0.25, -0.2) is 0 Å². The van der Waals surface area contributed by atoms with Crippen LogP contribution < -0.4 is 5.32 Å². The first-order chi connectivity index (χ1) is 13.1. The first kappa shape index (κ1) is 16.9. The second-order valence-corrected chi connectivity index (χ2v) is 6.46. The fraction of sp³-hybridized carbons (Fsp3) is 0.211. The molecule has 0 unspecified atom stereocenters. The summed E-state index contributed by atoms with van der Waals surface area (Å²) in [5.41, 5.74) is 2.12. The first-order valence-electron chi connectivity index (χ1n) is 8.62. The Balaban J connectivity index is 1.54. The molecule has 0 aliphatic carbocycles. The molecule has 4 aromatic rings. The van der Waals surface area contributed by atoms with E-state index in [0.29, 0.717) is 23.2 Å². The van der Waals surface area contributed by atoms with Crippen molar-refractivity contribution in [1.82, 2.24) is 24.7 Å². The summed E-state index contributed by atoms with van der Waals surface area (Å²) in [4.78, 5) is 16.6. The van der Waals surface area contributed by atoms with Crippen molar-refractivity contribution in [1.29, 1.82) is 0 Å². The number of hydrogen-bond acceptors (Lipinski definition) is 6. The van der Waals surface area contributed by atoms with Gasteiger partial charge in [-0.2, -0.15) is 4.98 Å². The molecule has 1 amide bonds. The number of nitrogens with zero attached hydrogens (tertiary/aromatic N) is 5. The zero-order chi connectivity index (χ0) is 18.8. The predicted molar refractivity (Wildman–Crippen MR) is 99.1 cm³/mol. The molecule has 0 saturated heterocycles. The average molecular weight is 362 g/mol. The van der Waals surface area contributed by atoms with Crippen LogP contribution in [0.25, 0.3) is 17.1 Å². The molecule has 0 radical (unpaired) electrons. The Hall–Kier alpha value is -3.55. The molecule has 3 aromatic heterocycles. The third kappa shape index (κ3) is 3.55. The third-order valence-corrected chi connectivity index (χ3v) is 4.06. The standard InChI is InChI=1S/C19H18N6O2/c1-12(2)18-21-19(27-24-18)13-8-9-25-15(10-13)22-23-16(25)11-17(26)20-14-6-4-3-5-7-14/h3-10,12H,11H2,1-2H3,(H,20,26). The number of hydrogen-bond donors (Lipinski definition) is 1. The fourth-order valence-electron chi connectivity index (χ4n) is 2.65. The molecule has 8 heteroatoms. The molecule has 0 fully saturated rings. The number of pyridine rings is 1. The highest BCUT2D eigenvalue weighted by Gasteiger charge is 2.15. The first-order valence-corrected chi connectivity index (χ1v) is 8.62. The summed E-state index contributed by atoms with van der Waals surface area (Å²) >= 11 is 0. The van der Waals surface area contributed by atoms with Crippen molar-refractivity contribution < 1.29 is 9.32 Å². The van der Waals surface area contributed by atoms with Gasteiger partial charge in [-0.3, -0.25) is 9.20 Å². The topological polar surface area (TPSA) is 98.2 Å². The van der Waals surface area contributed by atoms with Crippen LogP contribution in [0.15, 0.2) is 53.2 Å². The van der Waals surface area contributed by atoms with Crippen LogP contribution in [0.1, 0.15) is 31.4 Å². The maximum atomic E-state index is 12.3. The molecule has 1 N–H and O–H groups in total. The van der Waals surface area contributed by atoms with E-state index in [4.69, 9.17) is 4.52 Å². The maximum Gasteiger partial charge on any atom is 0.258 e. The number of anilines is 1. The lowest BCUT2D eigenvalue weighted by atomic mass is 10.2. The molecule has 27 heavy (non-hydrogen) atoms. The van der Waals surface area contributed by atoms with E-state index >= 15 is 0 Å². The molecule has 8 nitrogen and oxygen atoms in total. The molecule has 0 aliphatic heterocycles. The maximum absolute atomic E-state index is 12.3. The minimum absolute atomic E-state index is 0.119. The number of amides is 1. The van der Waals surface area contributed by atoms with E-state index in [2.05, 4.69) is 25.7 Å². The molecular weight excluding hydrogens is 344 g/mol. The van der Waals surface area contributed by atoms with E-state index in [0.717, 1.165) is 11.3 Å². The highest BCUT2D eigenvalue weighted by atomic mass is 16.5. The van der Waals surface area contributed by atoms with Crippen LogP contribution in [0.5, 0.6) is 0 Å². The lowest BCUT2D eigenvalue weighted by molar-refractivity contribution is -0.115. The lowest BCUT2D eigenvalue weighted by Gasteiger charge is -2.04. The Morgan fingerprint density at radius 2 is 2.00 bits per heavy atom. The van der Waals surface area contributed by atoms with Crippen LogP contribution in [0.2, 0.25) is 0 Å². The Morgan fingerprint density at radius 1 is 1.19 bits per heavy atom. The molecule has 136 valence electrons. The summed E-state index contributed by atoms with van der Waals surface area (Å²) in [5.74, 6) is 1.68. The van der Waals surface area contributed by atoms with Gasteiger partial charge in [0.15, 0.2) is 11.5 Å². The van der Waals surface area contributed by atoms with Crippen molar-refractivity contribution in [2.45, 2.75) is 26.2 Å². The zero-order valence-electron chi connectivity index (χ0n) is 15.0. The van der Waals surface area contributed by atoms with Crippen LogP contribution in [-0.4, -0.2) is 30.6 Å². The molecule has 0 atom stereocenters. The molecule has 0 spiro atoms. The average Bonchev–Trinajstić information content (AvgIpc) is 3.30. The van der Waals surface area contributed by atoms with Crippen molar-refractivity contribution in [2.75, 3.05) is 5.32 Å². The van der Waals surface area contributed by atoms with E-state index in [-0.39, 0.29) is 18.2 Å². The highest BCUT2D eigenvalue weighted by Crippen LogP contribution is 2.21. The summed E-state index contributed by atoms with van der Waals surface area (Å²) in [6, 6.07) is 12.9. The molecule has 4 rings (SSSR count). The number of carbonyl (C=O) groups is 1. The van der Waals surface area contributed by atoms with Gasteiger partial charge in [-0.15, -0.1) is 10.2 Å². The Bertz CT molecular complexity index is 1080. The second kappa shape index (κ2) is 6.99. The lowest BCUT2D eigenvalue weighted by Crippen LogP contribution is -2.16. The Labute approximate surface area is 155 Å². The molecule has 0 aliphatic rings. The van der Waals surface area contributed by atoms with Gasteiger partial charge in [0.25, 0.3) is 5.89 Å². The summed E-state index contributed by atoms with van der Waals surface area (Å²) in [6.45, 7) is 4.01. The van der Waals surface area contributed by atoms with Crippen LogP contribution in [0.4, 0.5) is 5.69 Å². The number of aromatic nitrogens is 5. The molecular formula is C19H18N6O2. The Morgan fingerprint density at radius 3 is 2.74 bits per heavy atom. The van der Waals surface area contributed by atoms with Gasteiger partial charge in [0, 0.05) is 23.4 Å². The van der Waals surface area contributed by atoms with Crippen LogP contribution in [0.3, 0.4) is 0 Å². The molecule has 0 saturated carbocycles. The number of fused-ring (bicyclic) bond motifs is 1. The summed E-state index contributed by atoms with van der Waals surface area (Å²) in [6.07, 6.45) is 1.92. The van der Waals surface area contributed by atoms with Crippen molar-refractivity contribution in [2.24, 2.45) is 0 Å². The van der Waals surface area contributed by atoms with Gasteiger partial charge in [0.05, 0.1) is 6.42 Å². The number of rotatable bonds is 5. The van der Waals surface area contributed by atoms with Crippen molar-refractivity contribution >= 4 is 17.2 Å². The number of carbonyl (C=O) groups excluding carboxylic acids is 1. The fourth-order valence-corrected chi connectivity index (χ4v) is 2.65. The smallest absolute Gasteiger partial charge is 0.258 e. The van der Waals surface area contributed by atoms with Crippen molar-refractivity contribution in [3.63, 3.8) is 0 Å². The van der Waals surface area contributed by atoms with Crippen molar-refractivity contribution in [3.8, 4) is 11.5 Å². The van der Waals surface area contributed by atoms with Gasteiger partial charge < -0.3 is 9.84 Å². The monoisotopic (exact) mass is 362 g/mol. The van der Waals surface area contributed by atoms with Gasteiger partial charge in [-0.1, -0.05) is 37.2 Å². The van der Waals surface area contributed by atoms with E-state index in [1.54, 1.807) is 10.6 Å².